The van der Waals surface area contributed by atoms with E-state index in [1.165, 1.54) is 18.2 Å². The van der Waals surface area contributed by atoms with Crippen molar-refractivity contribution in [2.75, 3.05) is 11.1 Å². The number of hydrogen-bond donors (Lipinski definition) is 3. The highest BCUT2D eigenvalue weighted by molar-refractivity contribution is 6.30. The van der Waals surface area contributed by atoms with Crippen LogP contribution in [-0.2, 0) is 6.54 Å². The summed E-state index contributed by atoms with van der Waals surface area (Å²) in [5.41, 5.74) is 6.19. The van der Waals surface area contributed by atoms with Crippen LogP contribution in [0.25, 0.3) is 0 Å². The van der Waals surface area contributed by atoms with E-state index >= 15 is 0 Å². The van der Waals surface area contributed by atoms with Crippen molar-refractivity contribution >= 4 is 28.9 Å². The molecule has 0 saturated carbocycles. The molecule has 2 rings (SSSR count). The fraction of sp³-hybridized carbons (Fsp3) is 0.0714. The maximum atomic E-state index is 13.6. The Labute approximate surface area is 124 Å². The molecular formula is C14H11ClF2N2O2. The highest BCUT2D eigenvalue weighted by atomic mass is 35.5. The molecule has 2 aromatic carbocycles. The third-order valence-electron chi connectivity index (χ3n) is 2.84. The van der Waals surface area contributed by atoms with Gasteiger partial charge in [0, 0.05) is 6.54 Å². The van der Waals surface area contributed by atoms with Gasteiger partial charge in [-0.25, -0.2) is 13.6 Å². The van der Waals surface area contributed by atoms with E-state index in [4.69, 9.17) is 22.4 Å². The Hall–Kier alpha value is -2.34. The van der Waals surface area contributed by atoms with Crippen LogP contribution in [0.3, 0.4) is 0 Å². The summed E-state index contributed by atoms with van der Waals surface area (Å²) in [4.78, 5) is 10.8. The minimum Gasteiger partial charge on any atom is -0.478 e. The van der Waals surface area contributed by atoms with Gasteiger partial charge in [0.25, 0.3) is 0 Å². The molecular weight excluding hydrogens is 302 g/mol. The smallest absolute Gasteiger partial charge is 0.338 e. The number of carbonyl (C=O) groups is 1. The van der Waals surface area contributed by atoms with Crippen LogP contribution in [0.1, 0.15) is 15.9 Å². The van der Waals surface area contributed by atoms with Gasteiger partial charge in [0.2, 0.25) is 0 Å². The molecule has 0 heterocycles. The Kier molecular flexibility index (Phi) is 4.28. The maximum absolute atomic E-state index is 13.6. The molecule has 0 aliphatic carbocycles. The lowest BCUT2D eigenvalue weighted by Crippen LogP contribution is -2.07. The number of carboxylic acid groups (broad SMARTS) is 1. The molecule has 7 heteroatoms. The van der Waals surface area contributed by atoms with Gasteiger partial charge >= 0.3 is 5.97 Å². The summed E-state index contributed by atoms with van der Waals surface area (Å²) in [7, 11) is 0. The maximum Gasteiger partial charge on any atom is 0.338 e. The van der Waals surface area contributed by atoms with E-state index in [2.05, 4.69) is 5.32 Å². The summed E-state index contributed by atoms with van der Waals surface area (Å²) in [6.07, 6.45) is 0. The molecule has 0 fully saturated rings. The Morgan fingerprint density at radius 1 is 1.24 bits per heavy atom. The first-order valence-corrected chi connectivity index (χ1v) is 6.26. The van der Waals surface area contributed by atoms with Crippen molar-refractivity contribution in [2.24, 2.45) is 0 Å². The molecule has 0 aliphatic rings. The summed E-state index contributed by atoms with van der Waals surface area (Å²) in [5, 5.41) is 11.6. The molecule has 0 bridgehead atoms. The number of nitrogens with one attached hydrogen (secondary N) is 1. The molecule has 4 N–H and O–H groups in total. The average Bonchev–Trinajstić information content (AvgIpc) is 2.42. The third-order valence-corrected chi connectivity index (χ3v) is 3.13. The van der Waals surface area contributed by atoms with Gasteiger partial charge in [-0.1, -0.05) is 17.7 Å². The molecule has 21 heavy (non-hydrogen) atoms. The summed E-state index contributed by atoms with van der Waals surface area (Å²) < 4.78 is 26.6. The van der Waals surface area contributed by atoms with E-state index in [1.54, 1.807) is 0 Å². The quantitative estimate of drug-likeness (QED) is 0.755. The number of aromatic carboxylic acids is 1. The van der Waals surface area contributed by atoms with E-state index in [0.717, 1.165) is 12.1 Å². The van der Waals surface area contributed by atoms with Gasteiger partial charge in [-0.2, -0.15) is 0 Å². The van der Waals surface area contributed by atoms with Gasteiger partial charge in [0.1, 0.15) is 11.6 Å². The molecule has 0 unspecified atom stereocenters. The standard InChI is InChI=1S/C14H11ClF2N2O2/c15-9-3-7(1-2-10(9)16)6-19-13-5-11(17)8(14(20)21)4-12(13)18/h1-5,19H,6,18H2,(H,20,21). The summed E-state index contributed by atoms with van der Waals surface area (Å²) >= 11 is 5.65. The van der Waals surface area contributed by atoms with Crippen molar-refractivity contribution in [2.45, 2.75) is 6.54 Å². The second-order valence-electron chi connectivity index (χ2n) is 4.33. The van der Waals surface area contributed by atoms with Crippen molar-refractivity contribution in [1.29, 1.82) is 0 Å². The normalized spacial score (nSPS) is 10.4. The largest absolute Gasteiger partial charge is 0.478 e. The zero-order valence-corrected chi connectivity index (χ0v) is 11.4. The molecule has 0 aromatic heterocycles. The van der Waals surface area contributed by atoms with Crippen molar-refractivity contribution < 1.29 is 18.7 Å². The Morgan fingerprint density at radius 3 is 2.57 bits per heavy atom. The number of rotatable bonds is 4. The van der Waals surface area contributed by atoms with Crippen LogP contribution in [0.5, 0.6) is 0 Å². The number of nitrogen functional groups attached to an aromatic ring is 1. The van der Waals surface area contributed by atoms with Crippen LogP contribution >= 0.6 is 11.6 Å². The van der Waals surface area contributed by atoms with E-state index in [1.807, 2.05) is 0 Å². The molecule has 0 aliphatic heterocycles. The van der Waals surface area contributed by atoms with Crippen LogP contribution < -0.4 is 11.1 Å². The number of halogens is 3. The number of anilines is 2. The fourth-order valence-electron chi connectivity index (χ4n) is 1.75. The van der Waals surface area contributed by atoms with Gasteiger partial charge in [-0.05, 0) is 29.8 Å². The number of benzene rings is 2. The Morgan fingerprint density at radius 2 is 1.95 bits per heavy atom. The van der Waals surface area contributed by atoms with E-state index in [0.29, 0.717) is 5.56 Å². The topological polar surface area (TPSA) is 75.4 Å². The average molecular weight is 313 g/mol. The minimum atomic E-state index is -1.39. The van der Waals surface area contributed by atoms with Crippen molar-refractivity contribution in [3.8, 4) is 0 Å². The second-order valence-corrected chi connectivity index (χ2v) is 4.73. The van der Waals surface area contributed by atoms with Crippen molar-refractivity contribution in [1.82, 2.24) is 0 Å². The highest BCUT2D eigenvalue weighted by Gasteiger charge is 2.13. The zero-order valence-electron chi connectivity index (χ0n) is 10.7. The van der Waals surface area contributed by atoms with E-state index in [9.17, 15) is 13.6 Å². The van der Waals surface area contributed by atoms with Gasteiger partial charge in [0.05, 0.1) is 22.0 Å². The van der Waals surface area contributed by atoms with Gasteiger partial charge < -0.3 is 16.2 Å². The molecule has 0 atom stereocenters. The van der Waals surface area contributed by atoms with E-state index < -0.39 is 23.2 Å². The van der Waals surface area contributed by atoms with Crippen molar-refractivity contribution in [3.63, 3.8) is 0 Å². The molecule has 4 nitrogen and oxygen atoms in total. The number of nitrogens with two attached hydrogens (primary N) is 1. The first kappa shape index (κ1) is 15.1. The SMILES string of the molecule is Nc1cc(C(=O)O)c(F)cc1NCc1ccc(F)c(Cl)c1. The number of hydrogen-bond acceptors (Lipinski definition) is 3. The number of carboxylic acids is 1. The third kappa shape index (κ3) is 3.41. The minimum absolute atomic E-state index is 0.0188. The first-order valence-electron chi connectivity index (χ1n) is 5.88. The van der Waals surface area contributed by atoms with Gasteiger partial charge in [-0.15, -0.1) is 0 Å². The van der Waals surface area contributed by atoms with Crippen molar-refractivity contribution in [3.05, 3.63) is 58.1 Å². The van der Waals surface area contributed by atoms with Gasteiger partial charge in [-0.3, -0.25) is 0 Å². The predicted molar refractivity (Wildman–Crippen MR) is 76.5 cm³/mol. The lowest BCUT2D eigenvalue weighted by Gasteiger charge is -2.11. The van der Waals surface area contributed by atoms with Gasteiger partial charge in [0.15, 0.2) is 0 Å². The lowest BCUT2D eigenvalue weighted by atomic mass is 10.1. The zero-order chi connectivity index (χ0) is 15.6. The molecule has 0 amide bonds. The summed E-state index contributed by atoms with van der Waals surface area (Å²) in [6.45, 7) is 0.232. The van der Waals surface area contributed by atoms with Crippen LogP contribution in [-0.4, -0.2) is 11.1 Å². The Balaban J connectivity index is 2.18. The summed E-state index contributed by atoms with van der Waals surface area (Å²) in [5.74, 6) is -2.82. The fourth-order valence-corrected chi connectivity index (χ4v) is 1.96. The summed E-state index contributed by atoms with van der Waals surface area (Å²) in [6, 6.07) is 6.22. The first-order chi connectivity index (χ1) is 9.88. The molecule has 2 aromatic rings. The predicted octanol–water partition coefficient (Wildman–Crippen LogP) is 3.51. The molecule has 0 spiro atoms. The van der Waals surface area contributed by atoms with E-state index in [-0.39, 0.29) is 22.9 Å². The van der Waals surface area contributed by atoms with Crippen LogP contribution in [0.15, 0.2) is 30.3 Å². The highest BCUT2D eigenvalue weighted by Crippen LogP contribution is 2.24. The second kappa shape index (κ2) is 5.97. The molecule has 0 saturated heterocycles. The monoisotopic (exact) mass is 312 g/mol. The molecule has 0 radical (unpaired) electrons. The van der Waals surface area contributed by atoms with Crippen LogP contribution in [0, 0.1) is 11.6 Å². The van der Waals surface area contributed by atoms with Crippen LogP contribution in [0.2, 0.25) is 5.02 Å². The Bertz CT molecular complexity index is 708. The molecule has 110 valence electrons. The van der Waals surface area contributed by atoms with Crippen LogP contribution in [0.4, 0.5) is 20.2 Å². The lowest BCUT2D eigenvalue weighted by molar-refractivity contribution is 0.0692.